The van der Waals surface area contributed by atoms with Crippen LogP contribution in [0.15, 0.2) is 29.2 Å². The van der Waals surface area contributed by atoms with Crippen LogP contribution in [-0.4, -0.2) is 44.7 Å². The zero-order valence-corrected chi connectivity index (χ0v) is 13.5. The number of sulfone groups is 1. The molecule has 1 aliphatic carbocycles. The smallest absolute Gasteiger partial charge is 0.229 e. The van der Waals surface area contributed by atoms with Crippen molar-refractivity contribution in [3.05, 3.63) is 29.8 Å². The van der Waals surface area contributed by atoms with Crippen molar-refractivity contribution in [1.82, 2.24) is 4.31 Å². The van der Waals surface area contributed by atoms with E-state index < -0.39 is 25.9 Å². The maximum Gasteiger partial charge on any atom is 0.243 e. The van der Waals surface area contributed by atoms with E-state index in [-0.39, 0.29) is 22.4 Å². The van der Waals surface area contributed by atoms with Gasteiger partial charge in [-0.15, -0.1) is 0 Å². The lowest BCUT2D eigenvalue weighted by atomic mass is 10.2. The van der Waals surface area contributed by atoms with Crippen molar-refractivity contribution in [3.63, 3.8) is 0 Å². The Bertz CT molecular complexity index is 819. The number of sulfonamides is 1. The average molecular weight is 340 g/mol. The molecule has 22 heavy (non-hydrogen) atoms. The third-order valence-corrected chi connectivity index (χ3v) is 7.80. The summed E-state index contributed by atoms with van der Waals surface area (Å²) in [4.78, 5) is 0.114. The van der Waals surface area contributed by atoms with Crippen molar-refractivity contribution in [1.29, 1.82) is 5.26 Å². The maximum atomic E-state index is 12.9. The van der Waals surface area contributed by atoms with Crippen LogP contribution < -0.4 is 0 Å². The van der Waals surface area contributed by atoms with Gasteiger partial charge in [0, 0.05) is 12.1 Å². The van der Waals surface area contributed by atoms with Gasteiger partial charge in [0.25, 0.3) is 0 Å². The molecule has 0 bridgehead atoms. The fourth-order valence-corrected chi connectivity index (χ4v) is 6.52. The van der Waals surface area contributed by atoms with Gasteiger partial charge in [-0.3, -0.25) is 0 Å². The van der Waals surface area contributed by atoms with E-state index in [2.05, 4.69) is 0 Å². The van der Waals surface area contributed by atoms with Gasteiger partial charge >= 0.3 is 0 Å². The lowest BCUT2D eigenvalue weighted by molar-refractivity contribution is 0.332. The van der Waals surface area contributed by atoms with Crippen LogP contribution in [0.4, 0.5) is 0 Å². The van der Waals surface area contributed by atoms with Crippen molar-refractivity contribution in [2.45, 2.75) is 36.2 Å². The number of nitrogens with zero attached hydrogens (tertiary/aromatic N) is 2. The monoisotopic (exact) mass is 340 g/mol. The topological polar surface area (TPSA) is 95.3 Å². The molecule has 1 heterocycles. The van der Waals surface area contributed by atoms with Gasteiger partial charge in [-0.1, -0.05) is 0 Å². The lowest BCUT2D eigenvalue weighted by Crippen LogP contribution is -2.42. The Morgan fingerprint density at radius 2 is 1.73 bits per heavy atom. The molecule has 2 fully saturated rings. The summed E-state index contributed by atoms with van der Waals surface area (Å²) in [5.74, 6) is -0.0528. The summed E-state index contributed by atoms with van der Waals surface area (Å²) in [7, 11) is -6.89. The Morgan fingerprint density at radius 1 is 1.09 bits per heavy atom. The predicted octanol–water partition coefficient (Wildman–Crippen LogP) is 0.898. The van der Waals surface area contributed by atoms with Gasteiger partial charge in [0.1, 0.15) is 0 Å². The van der Waals surface area contributed by atoms with Crippen molar-refractivity contribution in [2.75, 3.05) is 11.5 Å². The van der Waals surface area contributed by atoms with Crippen LogP contribution in [0.3, 0.4) is 0 Å². The summed E-state index contributed by atoms with van der Waals surface area (Å²) in [6.45, 7) is 0. The predicted molar refractivity (Wildman–Crippen MR) is 80.3 cm³/mol. The summed E-state index contributed by atoms with van der Waals surface area (Å²) in [6.07, 6.45) is 1.90. The van der Waals surface area contributed by atoms with Crippen LogP contribution in [0, 0.1) is 11.3 Å². The van der Waals surface area contributed by atoms with Gasteiger partial charge in [-0.2, -0.15) is 9.57 Å². The highest BCUT2D eigenvalue weighted by Crippen LogP contribution is 2.36. The normalized spacial score (nSPS) is 24.3. The van der Waals surface area contributed by atoms with E-state index in [1.165, 1.54) is 28.6 Å². The van der Waals surface area contributed by atoms with Gasteiger partial charge in [0.2, 0.25) is 10.0 Å². The van der Waals surface area contributed by atoms with Gasteiger partial charge in [0.05, 0.1) is 28.0 Å². The van der Waals surface area contributed by atoms with E-state index in [0.717, 1.165) is 12.8 Å². The summed E-state index contributed by atoms with van der Waals surface area (Å²) < 4.78 is 50.5. The molecular formula is C14H16N2O4S2. The molecule has 0 aromatic heterocycles. The molecule has 2 aliphatic rings. The molecule has 0 N–H and O–H groups in total. The SMILES string of the molecule is N#Cc1ccc(S(=O)(=O)N(C2CC2)C2CCS(=O)(=O)C2)cc1. The number of hydrogen-bond acceptors (Lipinski definition) is 5. The van der Waals surface area contributed by atoms with E-state index in [0.29, 0.717) is 12.0 Å². The zero-order chi connectivity index (χ0) is 16.0. The minimum Gasteiger partial charge on any atom is -0.229 e. The van der Waals surface area contributed by atoms with Crippen LogP contribution >= 0.6 is 0 Å². The van der Waals surface area contributed by atoms with Crippen LogP contribution in [-0.2, 0) is 19.9 Å². The molecule has 1 aromatic carbocycles. The molecule has 1 saturated carbocycles. The van der Waals surface area contributed by atoms with E-state index in [1.54, 1.807) is 0 Å². The summed E-state index contributed by atoms with van der Waals surface area (Å²) in [6, 6.07) is 7.12. The van der Waals surface area contributed by atoms with E-state index in [4.69, 9.17) is 5.26 Å². The number of rotatable bonds is 4. The van der Waals surface area contributed by atoms with Crippen molar-refractivity contribution in [3.8, 4) is 6.07 Å². The van der Waals surface area contributed by atoms with E-state index in [9.17, 15) is 16.8 Å². The third-order valence-electron chi connectivity index (χ3n) is 4.03. The molecule has 0 radical (unpaired) electrons. The number of benzene rings is 1. The number of nitriles is 1. The van der Waals surface area contributed by atoms with Crippen LogP contribution in [0.2, 0.25) is 0 Å². The Morgan fingerprint density at radius 3 is 2.18 bits per heavy atom. The molecule has 1 saturated heterocycles. The molecule has 1 aromatic rings. The summed E-state index contributed by atoms with van der Waals surface area (Å²) in [5.41, 5.74) is 0.389. The number of hydrogen-bond donors (Lipinski definition) is 0. The molecule has 0 amide bonds. The van der Waals surface area contributed by atoms with Crippen molar-refractivity contribution < 1.29 is 16.8 Å². The van der Waals surface area contributed by atoms with Gasteiger partial charge < -0.3 is 0 Å². The average Bonchev–Trinajstić information content (AvgIpc) is 3.23. The minimum atomic E-state index is -3.74. The molecule has 1 unspecified atom stereocenters. The van der Waals surface area contributed by atoms with Crippen molar-refractivity contribution in [2.24, 2.45) is 0 Å². The highest BCUT2D eigenvalue weighted by atomic mass is 32.2. The Hall–Kier alpha value is -1.43. The quantitative estimate of drug-likeness (QED) is 0.811. The van der Waals surface area contributed by atoms with Gasteiger partial charge in [0.15, 0.2) is 9.84 Å². The fourth-order valence-electron chi connectivity index (χ4n) is 2.82. The molecular weight excluding hydrogens is 324 g/mol. The highest BCUT2D eigenvalue weighted by Gasteiger charge is 2.46. The largest absolute Gasteiger partial charge is 0.243 e. The third kappa shape index (κ3) is 2.89. The van der Waals surface area contributed by atoms with Crippen LogP contribution in [0.5, 0.6) is 0 Å². The second-order valence-electron chi connectivity index (χ2n) is 5.76. The first-order chi connectivity index (χ1) is 10.3. The Labute approximate surface area is 130 Å². The first kappa shape index (κ1) is 15.5. The lowest BCUT2D eigenvalue weighted by Gasteiger charge is -2.27. The maximum absolute atomic E-state index is 12.9. The molecule has 1 atom stereocenters. The zero-order valence-electron chi connectivity index (χ0n) is 11.8. The molecule has 3 rings (SSSR count). The second kappa shape index (κ2) is 5.33. The Balaban J connectivity index is 1.95. The molecule has 1 aliphatic heterocycles. The first-order valence-corrected chi connectivity index (χ1v) is 10.3. The Kier molecular flexibility index (Phi) is 3.75. The summed E-state index contributed by atoms with van der Waals surface area (Å²) in [5, 5.41) is 8.79. The van der Waals surface area contributed by atoms with Crippen LogP contribution in [0.1, 0.15) is 24.8 Å². The van der Waals surface area contributed by atoms with Gasteiger partial charge in [-0.05, 0) is 43.5 Å². The molecule has 6 nitrogen and oxygen atoms in total. The standard InChI is InChI=1S/C14H16N2O4S2/c15-9-11-1-5-14(6-2-11)22(19,20)16(12-3-4-12)13-7-8-21(17,18)10-13/h1-2,5-6,12-13H,3-4,7-8,10H2. The molecule has 8 heteroatoms. The van der Waals surface area contributed by atoms with Crippen LogP contribution in [0.25, 0.3) is 0 Å². The summed E-state index contributed by atoms with van der Waals surface area (Å²) >= 11 is 0. The van der Waals surface area contributed by atoms with E-state index in [1.807, 2.05) is 6.07 Å². The van der Waals surface area contributed by atoms with Crippen molar-refractivity contribution >= 4 is 19.9 Å². The second-order valence-corrected chi connectivity index (χ2v) is 9.83. The van der Waals surface area contributed by atoms with Gasteiger partial charge in [-0.25, -0.2) is 16.8 Å². The fraction of sp³-hybridized carbons (Fsp3) is 0.500. The first-order valence-electron chi connectivity index (χ1n) is 7.08. The van der Waals surface area contributed by atoms with E-state index >= 15 is 0 Å². The molecule has 0 spiro atoms. The minimum absolute atomic E-state index is 0.0454. The molecule has 118 valence electrons. The highest BCUT2D eigenvalue weighted by molar-refractivity contribution is 7.92.